The van der Waals surface area contributed by atoms with Crippen LogP contribution in [0.4, 0.5) is 0 Å². The van der Waals surface area contributed by atoms with Crippen LogP contribution in [0, 0.1) is 5.92 Å². The summed E-state index contributed by atoms with van der Waals surface area (Å²) < 4.78 is 23.6. The summed E-state index contributed by atoms with van der Waals surface area (Å²) in [7, 11) is -3.17. The molecule has 1 aromatic carbocycles. The predicted molar refractivity (Wildman–Crippen MR) is 75.5 cm³/mol. The van der Waals surface area contributed by atoms with Crippen molar-refractivity contribution in [1.29, 1.82) is 0 Å². The molecule has 0 aliphatic heterocycles. The summed E-state index contributed by atoms with van der Waals surface area (Å²) in [5, 5.41) is 0. The molecule has 2 unspecified atom stereocenters. The Hall–Kier alpha value is -0.350. The van der Waals surface area contributed by atoms with Gasteiger partial charge in [-0.2, -0.15) is 0 Å². The molecule has 1 rings (SSSR count). The maximum Gasteiger partial charge on any atom is 0.175 e. The number of hydrogen-bond donors (Lipinski definition) is 0. The van der Waals surface area contributed by atoms with Gasteiger partial charge in [0, 0.05) is 11.1 Å². The van der Waals surface area contributed by atoms with Gasteiger partial charge in [0.2, 0.25) is 0 Å². The van der Waals surface area contributed by atoms with E-state index in [9.17, 15) is 8.42 Å². The van der Waals surface area contributed by atoms with Crippen molar-refractivity contribution in [2.24, 2.45) is 5.92 Å². The molecule has 4 heteroatoms. The van der Waals surface area contributed by atoms with Gasteiger partial charge in [-0.15, -0.1) is 0 Å². The minimum atomic E-state index is -3.17. The fourth-order valence-corrected chi connectivity index (χ4v) is 4.08. The Morgan fingerprint density at radius 3 is 2.06 bits per heavy atom. The van der Waals surface area contributed by atoms with E-state index in [2.05, 4.69) is 36.7 Å². The van der Waals surface area contributed by atoms with E-state index in [1.54, 1.807) is 12.1 Å². The van der Waals surface area contributed by atoms with Crippen LogP contribution in [0.5, 0.6) is 0 Å². The SMILES string of the molecule is CC(C)C(c1ccccc1S(C)(=O)=O)C(C)Br. The Morgan fingerprint density at radius 2 is 1.65 bits per heavy atom. The van der Waals surface area contributed by atoms with Gasteiger partial charge in [0.1, 0.15) is 0 Å². The molecule has 0 N–H and O–H groups in total. The summed E-state index contributed by atoms with van der Waals surface area (Å²) in [4.78, 5) is 0.690. The van der Waals surface area contributed by atoms with Crippen molar-refractivity contribution in [3.63, 3.8) is 0 Å². The first-order valence-electron chi connectivity index (χ1n) is 5.68. The van der Waals surface area contributed by atoms with Crippen LogP contribution in [0.15, 0.2) is 29.2 Å². The fourth-order valence-electron chi connectivity index (χ4n) is 2.23. The Kier molecular flexibility index (Phi) is 4.78. The van der Waals surface area contributed by atoms with E-state index in [1.807, 2.05) is 12.1 Å². The Morgan fingerprint density at radius 1 is 1.12 bits per heavy atom. The maximum absolute atomic E-state index is 11.8. The van der Waals surface area contributed by atoms with Crippen molar-refractivity contribution in [2.45, 2.75) is 36.4 Å². The molecule has 17 heavy (non-hydrogen) atoms. The second-order valence-corrected chi connectivity index (χ2v) is 8.19. The van der Waals surface area contributed by atoms with Crippen LogP contribution in [-0.4, -0.2) is 19.5 Å². The minimum absolute atomic E-state index is 0.195. The molecule has 0 aliphatic carbocycles. The van der Waals surface area contributed by atoms with Crippen LogP contribution in [-0.2, 0) is 9.84 Å². The van der Waals surface area contributed by atoms with E-state index >= 15 is 0 Å². The average Bonchev–Trinajstić information content (AvgIpc) is 2.15. The van der Waals surface area contributed by atoms with Gasteiger partial charge >= 0.3 is 0 Å². The number of rotatable bonds is 4. The van der Waals surface area contributed by atoms with Gasteiger partial charge in [-0.25, -0.2) is 8.42 Å². The van der Waals surface area contributed by atoms with Crippen LogP contribution < -0.4 is 0 Å². The van der Waals surface area contributed by atoms with E-state index in [0.29, 0.717) is 10.8 Å². The molecule has 0 radical (unpaired) electrons. The number of halogens is 1. The lowest BCUT2D eigenvalue weighted by atomic mass is 9.86. The normalized spacial score (nSPS) is 15.9. The van der Waals surface area contributed by atoms with Crippen molar-refractivity contribution in [3.8, 4) is 0 Å². The second kappa shape index (κ2) is 5.53. The highest BCUT2D eigenvalue weighted by Crippen LogP contribution is 2.35. The Balaban J connectivity index is 3.39. The predicted octanol–water partition coefficient (Wildman–Crippen LogP) is 3.61. The zero-order valence-corrected chi connectivity index (χ0v) is 13.0. The van der Waals surface area contributed by atoms with Crippen molar-refractivity contribution in [1.82, 2.24) is 0 Å². The van der Waals surface area contributed by atoms with Crippen LogP contribution >= 0.6 is 15.9 Å². The Labute approximate surface area is 112 Å². The zero-order chi connectivity index (χ0) is 13.2. The molecule has 0 saturated heterocycles. The molecule has 0 saturated carbocycles. The van der Waals surface area contributed by atoms with E-state index in [-0.39, 0.29) is 10.7 Å². The highest BCUT2D eigenvalue weighted by Gasteiger charge is 2.26. The van der Waals surface area contributed by atoms with Crippen molar-refractivity contribution in [2.75, 3.05) is 6.26 Å². The lowest BCUT2D eigenvalue weighted by Crippen LogP contribution is -2.18. The van der Waals surface area contributed by atoms with Crippen LogP contribution in [0.3, 0.4) is 0 Å². The minimum Gasteiger partial charge on any atom is -0.224 e. The van der Waals surface area contributed by atoms with Crippen molar-refractivity contribution < 1.29 is 8.42 Å². The molecule has 96 valence electrons. The van der Waals surface area contributed by atoms with Gasteiger partial charge in [-0.3, -0.25) is 0 Å². The van der Waals surface area contributed by atoms with E-state index < -0.39 is 9.84 Å². The van der Waals surface area contributed by atoms with Gasteiger partial charge in [0.25, 0.3) is 0 Å². The lowest BCUT2D eigenvalue weighted by Gasteiger charge is -2.25. The van der Waals surface area contributed by atoms with E-state index in [1.165, 1.54) is 6.26 Å². The van der Waals surface area contributed by atoms with Gasteiger partial charge < -0.3 is 0 Å². The van der Waals surface area contributed by atoms with Gasteiger partial charge in [-0.05, 0) is 23.5 Å². The smallest absolute Gasteiger partial charge is 0.175 e. The molecule has 0 heterocycles. The number of sulfone groups is 1. The van der Waals surface area contributed by atoms with Crippen LogP contribution in [0.25, 0.3) is 0 Å². The molecule has 0 fully saturated rings. The van der Waals surface area contributed by atoms with Crippen LogP contribution in [0.2, 0.25) is 0 Å². The largest absolute Gasteiger partial charge is 0.224 e. The number of alkyl halides is 1. The monoisotopic (exact) mass is 318 g/mol. The molecule has 0 bridgehead atoms. The molecule has 0 aromatic heterocycles. The summed E-state index contributed by atoms with van der Waals surface area (Å²) in [6.45, 7) is 6.28. The third-order valence-electron chi connectivity index (χ3n) is 2.89. The first-order valence-corrected chi connectivity index (χ1v) is 8.49. The summed E-state index contributed by atoms with van der Waals surface area (Å²) in [5.41, 5.74) is 0.911. The molecule has 2 nitrogen and oxygen atoms in total. The Bertz CT molecular complexity index is 470. The zero-order valence-electron chi connectivity index (χ0n) is 10.6. The third kappa shape index (κ3) is 3.55. The highest BCUT2D eigenvalue weighted by molar-refractivity contribution is 9.09. The molecule has 1 aromatic rings. The lowest BCUT2D eigenvalue weighted by molar-refractivity contribution is 0.490. The maximum atomic E-state index is 11.8. The quantitative estimate of drug-likeness (QED) is 0.795. The van der Waals surface area contributed by atoms with Crippen molar-refractivity contribution in [3.05, 3.63) is 29.8 Å². The van der Waals surface area contributed by atoms with Gasteiger partial charge in [0.05, 0.1) is 4.90 Å². The summed E-state index contributed by atoms with van der Waals surface area (Å²) in [6.07, 6.45) is 1.27. The fraction of sp³-hybridized carbons (Fsp3) is 0.538. The third-order valence-corrected chi connectivity index (χ3v) is 4.63. The summed E-state index contributed by atoms with van der Waals surface area (Å²) in [6, 6.07) is 7.28. The molecule has 0 spiro atoms. The molecular formula is C13H19BrO2S. The second-order valence-electron chi connectivity index (χ2n) is 4.76. The molecule has 0 aliphatic rings. The van der Waals surface area contributed by atoms with E-state index in [4.69, 9.17) is 0 Å². The number of hydrogen-bond acceptors (Lipinski definition) is 2. The molecule has 0 amide bonds. The molecule has 2 atom stereocenters. The average molecular weight is 319 g/mol. The van der Waals surface area contributed by atoms with Gasteiger partial charge in [-0.1, -0.05) is 54.9 Å². The first kappa shape index (κ1) is 14.7. The molecular weight excluding hydrogens is 300 g/mol. The topological polar surface area (TPSA) is 34.1 Å². The standard InChI is InChI=1S/C13H19BrO2S/c1-9(2)13(10(3)14)11-7-5-6-8-12(11)17(4,15)16/h5-10,13H,1-4H3. The highest BCUT2D eigenvalue weighted by atomic mass is 79.9. The first-order chi connectivity index (χ1) is 7.75. The van der Waals surface area contributed by atoms with Gasteiger partial charge in [0.15, 0.2) is 9.84 Å². The van der Waals surface area contributed by atoms with Crippen LogP contribution in [0.1, 0.15) is 32.3 Å². The summed E-state index contributed by atoms with van der Waals surface area (Å²) in [5.74, 6) is 0.577. The van der Waals surface area contributed by atoms with E-state index in [0.717, 1.165) is 5.56 Å². The number of benzene rings is 1. The summed E-state index contributed by atoms with van der Waals surface area (Å²) >= 11 is 3.58. The van der Waals surface area contributed by atoms with Crippen molar-refractivity contribution >= 4 is 25.8 Å².